The summed E-state index contributed by atoms with van der Waals surface area (Å²) in [5.74, 6) is -0.481. The van der Waals surface area contributed by atoms with Crippen molar-refractivity contribution in [1.29, 1.82) is 0 Å². The van der Waals surface area contributed by atoms with Crippen molar-refractivity contribution >= 4 is 11.9 Å². The number of rotatable bonds is 6. The Morgan fingerprint density at radius 2 is 1.84 bits per heavy atom. The van der Waals surface area contributed by atoms with Crippen molar-refractivity contribution < 1.29 is 14.3 Å². The monoisotopic (exact) mass is 269 g/mol. The SMILES string of the molecule is COC(=O)C(C(=O)N(C)CCC1CCCC1)C(C)C. The van der Waals surface area contributed by atoms with Crippen LogP contribution in [0, 0.1) is 17.8 Å². The van der Waals surface area contributed by atoms with Gasteiger partial charge in [-0.1, -0.05) is 39.5 Å². The van der Waals surface area contributed by atoms with Crippen LogP contribution in [0.3, 0.4) is 0 Å². The molecular weight excluding hydrogens is 242 g/mol. The van der Waals surface area contributed by atoms with Gasteiger partial charge in [0.2, 0.25) is 5.91 Å². The summed E-state index contributed by atoms with van der Waals surface area (Å²) in [6.45, 7) is 4.50. The van der Waals surface area contributed by atoms with Crippen LogP contribution >= 0.6 is 0 Å². The predicted octanol–water partition coefficient (Wildman–Crippen LogP) is 2.47. The fourth-order valence-electron chi connectivity index (χ4n) is 2.81. The number of nitrogens with zero attached hydrogens (tertiary/aromatic N) is 1. The molecule has 0 bridgehead atoms. The molecule has 0 aliphatic heterocycles. The number of carbonyl (C=O) groups is 2. The normalized spacial score (nSPS) is 17.5. The van der Waals surface area contributed by atoms with E-state index >= 15 is 0 Å². The van der Waals surface area contributed by atoms with Crippen LogP contribution < -0.4 is 0 Å². The Labute approximate surface area is 116 Å². The molecule has 110 valence electrons. The van der Waals surface area contributed by atoms with E-state index in [1.165, 1.54) is 32.8 Å². The van der Waals surface area contributed by atoms with E-state index in [4.69, 9.17) is 4.74 Å². The topological polar surface area (TPSA) is 46.6 Å². The van der Waals surface area contributed by atoms with Gasteiger partial charge in [-0.05, 0) is 18.3 Å². The first-order valence-electron chi connectivity index (χ1n) is 7.30. The highest BCUT2D eigenvalue weighted by molar-refractivity contribution is 5.97. The lowest BCUT2D eigenvalue weighted by atomic mass is 9.94. The molecule has 0 spiro atoms. The van der Waals surface area contributed by atoms with Crippen molar-refractivity contribution in [2.75, 3.05) is 20.7 Å². The molecule has 0 aromatic rings. The van der Waals surface area contributed by atoms with Crippen molar-refractivity contribution in [3.8, 4) is 0 Å². The molecule has 1 unspecified atom stereocenters. The highest BCUT2D eigenvalue weighted by Gasteiger charge is 2.33. The van der Waals surface area contributed by atoms with Crippen LogP contribution in [0.15, 0.2) is 0 Å². The second-order valence-corrected chi connectivity index (χ2v) is 5.94. The smallest absolute Gasteiger partial charge is 0.318 e. The molecule has 0 heterocycles. The number of carbonyl (C=O) groups excluding carboxylic acids is 2. The third-order valence-corrected chi connectivity index (χ3v) is 4.11. The molecular formula is C15H27NO3. The van der Waals surface area contributed by atoms with E-state index in [0.717, 1.165) is 18.9 Å². The Kier molecular flexibility index (Phi) is 6.32. The van der Waals surface area contributed by atoms with E-state index in [9.17, 15) is 9.59 Å². The van der Waals surface area contributed by atoms with E-state index in [2.05, 4.69) is 0 Å². The fourth-order valence-corrected chi connectivity index (χ4v) is 2.81. The Bertz CT molecular complexity index is 309. The number of hydrogen-bond acceptors (Lipinski definition) is 3. The summed E-state index contributed by atoms with van der Waals surface area (Å²) < 4.78 is 4.74. The summed E-state index contributed by atoms with van der Waals surface area (Å²) in [5, 5.41) is 0. The lowest BCUT2D eigenvalue weighted by molar-refractivity contribution is -0.155. The maximum Gasteiger partial charge on any atom is 0.318 e. The quantitative estimate of drug-likeness (QED) is 0.549. The van der Waals surface area contributed by atoms with Crippen molar-refractivity contribution in [3.05, 3.63) is 0 Å². The summed E-state index contributed by atoms with van der Waals surface area (Å²) >= 11 is 0. The average molecular weight is 269 g/mol. The Morgan fingerprint density at radius 3 is 2.32 bits per heavy atom. The second kappa shape index (κ2) is 7.51. The van der Waals surface area contributed by atoms with Gasteiger partial charge in [0.25, 0.3) is 0 Å². The van der Waals surface area contributed by atoms with Crippen molar-refractivity contribution in [2.45, 2.75) is 46.0 Å². The van der Waals surface area contributed by atoms with Gasteiger partial charge >= 0.3 is 5.97 Å². The lowest BCUT2D eigenvalue weighted by Crippen LogP contribution is -2.40. The van der Waals surface area contributed by atoms with E-state index in [1.807, 2.05) is 13.8 Å². The average Bonchev–Trinajstić information content (AvgIpc) is 2.88. The zero-order valence-electron chi connectivity index (χ0n) is 12.6. The van der Waals surface area contributed by atoms with Crippen LogP contribution in [-0.4, -0.2) is 37.5 Å². The van der Waals surface area contributed by atoms with E-state index in [-0.39, 0.29) is 11.8 Å². The third kappa shape index (κ3) is 4.51. The van der Waals surface area contributed by atoms with Gasteiger partial charge in [0.05, 0.1) is 7.11 Å². The molecule has 0 aromatic heterocycles. The zero-order valence-corrected chi connectivity index (χ0v) is 12.6. The summed E-state index contributed by atoms with van der Waals surface area (Å²) in [6, 6.07) is 0. The molecule has 1 aliphatic carbocycles. The Hall–Kier alpha value is -1.06. The van der Waals surface area contributed by atoms with Crippen LogP contribution in [0.2, 0.25) is 0 Å². The Balaban J connectivity index is 2.50. The molecule has 0 radical (unpaired) electrons. The minimum atomic E-state index is -0.668. The van der Waals surface area contributed by atoms with Crippen LogP contribution in [0.25, 0.3) is 0 Å². The molecule has 1 atom stereocenters. The highest BCUT2D eigenvalue weighted by atomic mass is 16.5. The summed E-state index contributed by atoms with van der Waals surface area (Å²) in [6.07, 6.45) is 6.26. The molecule has 1 rings (SSSR count). The minimum Gasteiger partial charge on any atom is -0.468 e. The van der Waals surface area contributed by atoms with Gasteiger partial charge in [0, 0.05) is 13.6 Å². The van der Waals surface area contributed by atoms with Crippen LogP contribution in [-0.2, 0) is 14.3 Å². The number of amides is 1. The van der Waals surface area contributed by atoms with Gasteiger partial charge in [0.15, 0.2) is 0 Å². The molecule has 4 heteroatoms. The van der Waals surface area contributed by atoms with Gasteiger partial charge in [0.1, 0.15) is 5.92 Å². The molecule has 1 fully saturated rings. The van der Waals surface area contributed by atoms with E-state index in [0.29, 0.717) is 0 Å². The molecule has 1 saturated carbocycles. The second-order valence-electron chi connectivity index (χ2n) is 5.94. The molecule has 4 nitrogen and oxygen atoms in total. The molecule has 0 saturated heterocycles. The highest BCUT2D eigenvalue weighted by Crippen LogP contribution is 2.27. The minimum absolute atomic E-state index is 0.0334. The van der Waals surface area contributed by atoms with Crippen molar-refractivity contribution in [2.24, 2.45) is 17.8 Å². The van der Waals surface area contributed by atoms with E-state index < -0.39 is 11.9 Å². The standard InChI is InChI=1S/C15H27NO3/c1-11(2)13(15(18)19-4)14(17)16(3)10-9-12-7-5-6-8-12/h11-13H,5-10H2,1-4H3. The first kappa shape index (κ1) is 16.0. The van der Waals surface area contributed by atoms with Gasteiger partial charge in [-0.3, -0.25) is 9.59 Å². The summed E-state index contributed by atoms with van der Waals surface area (Å²) in [4.78, 5) is 25.7. The van der Waals surface area contributed by atoms with Gasteiger partial charge in [-0.25, -0.2) is 0 Å². The molecule has 0 N–H and O–H groups in total. The number of hydrogen-bond donors (Lipinski definition) is 0. The van der Waals surface area contributed by atoms with Gasteiger partial charge < -0.3 is 9.64 Å². The molecule has 1 amide bonds. The lowest BCUT2D eigenvalue weighted by Gasteiger charge is -2.25. The third-order valence-electron chi connectivity index (χ3n) is 4.11. The van der Waals surface area contributed by atoms with Crippen molar-refractivity contribution in [3.63, 3.8) is 0 Å². The Morgan fingerprint density at radius 1 is 1.26 bits per heavy atom. The maximum atomic E-state index is 12.3. The van der Waals surface area contributed by atoms with Crippen LogP contribution in [0.5, 0.6) is 0 Å². The largest absolute Gasteiger partial charge is 0.468 e. The first-order valence-corrected chi connectivity index (χ1v) is 7.30. The predicted molar refractivity (Wildman–Crippen MR) is 74.6 cm³/mol. The number of ether oxygens (including phenoxy) is 1. The molecule has 19 heavy (non-hydrogen) atoms. The van der Waals surface area contributed by atoms with Crippen LogP contribution in [0.4, 0.5) is 0 Å². The maximum absolute atomic E-state index is 12.3. The first-order chi connectivity index (χ1) is 8.97. The summed E-state index contributed by atoms with van der Waals surface area (Å²) in [5.41, 5.74) is 0. The number of methoxy groups -OCH3 is 1. The molecule has 0 aromatic carbocycles. The van der Waals surface area contributed by atoms with Gasteiger partial charge in [-0.15, -0.1) is 0 Å². The zero-order chi connectivity index (χ0) is 14.4. The van der Waals surface area contributed by atoms with Crippen LogP contribution in [0.1, 0.15) is 46.0 Å². The fraction of sp³-hybridized carbons (Fsp3) is 0.867. The molecule has 1 aliphatic rings. The number of esters is 1. The van der Waals surface area contributed by atoms with E-state index in [1.54, 1.807) is 11.9 Å². The van der Waals surface area contributed by atoms with Crippen molar-refractivity contribution in [1.82, 2.24) is 4.90 Å². The van der Waals surface area contributed by atoms with Gasteiger partial charge in [-0.2, -0.15) is 0 Å². The summed E-state index contributed by atoms with van der Waals surface area (Å²) in [7, 11) is 3.12.